The van der Waals surface area contributed by atoms with Gasteiger partial charge in [0.05, 0.1) is 0 Å². The normalized spacial score (nSPS) is 11.1. The molecule has 2 rings (SSSR count). The molecule has 7 nitrogen and oxygen atoms in total. The second kappa shape index (κ2) is 14.6. The van der Waals surface area contributed by atoms with E-state index in [1.807, 2.05) is 0 Å². The van der Waals surface area contributed by atoms with Crippen molar-refractivity contribution in [2.24, 2.45) is 0 Å². The summed E-state index contributed by atoms with van der Waals surface area (Å²) in [5.41, 5.74) is 2.23. The van der Waals surface area contributed by atoms with E-state index in [2.05, 4.69) is 21.1 Å². The number of nitrogens with zero attached hydrogens (tertiary/aromatic N) is 1. The molecule has 0 radical (unpaired) electrons. The number of alkyl halides is 6. The maximum Gasteiger partial charge on any atom is 0.422 e. The highest BCUT2D eigenvalue weighted by Gasteiger charge is 2.33. The first kappa shape index (κ1) is 32.7. The summed E-state index contributed by atoms with van der Waals surface area (Å²) < 4.78 is 78.0. The number of hydrogen-bond acceptors (Lipinski definition) is 6. The third-order valence-corrected chi connectivity index (χ3v) is 4.63. The Labute approximate surface area is 222 Å². The van der Waals surface area contributed by atoms with Crippen LogP contribution in [0.2, 0.25) is 5.02 Å². The number of halogens is 8. The van der Waals surface area contributed by atoms with Crippen LogP contribution in [0.4, 0.5) is 26.3 Å². The van der Waals surface area contributed by atoms with Crippen molar-refractivity contribution in [3.63, 3.8) is 0 Å². The zero-order valence-corrected chi connectivity index (χ0v) is 20.9. The van der Waals surface area contributed by atoms with Crippen LogP contribution in [0.3, 0.4) is 0 Å². The lowest BCUT2D eigenvalue weighted by atomic mass is 10.1. The van der Waals surface area contributed by atoms with Gasteiger partial charge < -0.3 is 14.4 Å². The zero-order valence-electron chi connectivity index (χ0n) is 19.4. The third kappa shape index (κ3) is 13.3. The monoisotopic (exact) mass is 589 g/mol. The maximum atomic E-state index is 12.4. The van der Waals surface area contributed by atoms with E-state index in [9.17, 15) is 45.5 Å². The predicted octanol–water partition coefficient (Wildman–Crippen LogP) is 5.14. The van der Waals surface area contributed by atoms with Crippen LogP contribution in [0.1, 0.15) is 16.7 Å². The number of esters is 2. The molecule has 0 aliphatic carbocycles. The Bertz CT molecular complexity index is 1130. The van der Waals surface area contributed by atoms with Crippen LogP contribution in [0.5, 0.6) is 0 Å². The molecule has 1 amide bonds. The molecule has 0 heterocycles. The minimum Gasteiger partial charge on any atom is -0.449 e. The van der Waals surface area contributed by atoms with E-state index in [0.29, 0.717) is 10.6 Å². The number of rotatable bonds is 7. The second-order valence-corrected chi connectivity index (χ2v) is 8.15. The van der Waals surface area contributed by atoms with Gasteiger partial charge in [-0.3, -0.25) is 9.59 Å². The van der Waals surface area contributed by atoms with Crippen molar-refractivity contribution in [3.8, 4) is 0 Å². The Hall–Kier alpha value is -3.32. The second-order valence-electron chi connectivity index (χ2n) is 7.37. The van der Waals surface area contributed by atoms with E-state index in [-0.39, 0.29) is 13.1 Å². The van der Waals surface area contributed by atoms with Gasteiger partial charge in [-0.05, 0) is 47.3 Å². The summed E-state index contributed by atoms with van der Waals surface area (Å²) in [6.07, 6.45) is -9.34. The highest BCUT2D eigenvalue weighted by atomic mass is 35.5. The predicted molar refractivity (Wildman–Crippen MR) is 122 cm³/mol. The number of carbonyl (C=O) groups excluding carboxylic acids is 4. The van der Waals surface area contributed by atoms with E-state index in [0.717, 1.165) is 16.0 Å². The SMILES string of the molecule is Cc1cc(Cl)ccc1CN(Cc1ccccc1)C(=O)C(=O)OCC(F)(F)F.O=C(Cl)C(=O)OCC(F)(F)F. The van der Waals surface area contributed by atoms with Crippen LogP contribution < -0.4 is 0 Å². The Morgan fingerprint density at radius 3 is 1.82 bits per heavy atom. The maximum absolute atomic E-state index is 12.4. The van der Waals surface area contributed by atoms with Crippen LogP contribution in [-0.4, -0.2) is 53.6 Å². The smallest absolute Gasteiger partial charge is 0.422 e. The van der Waals surface area contributed by atoms with Gasteiger partial charge in [0.2, 0.25) is 0 Å². The Kier molecular flexibility index (Phi) is 12.5. The molecule has 0 saturated carbocycles. The lowest BCUT2D eigenvalue weighted by Crippen LogP contribution is -2.38. The van der Waals surface area contributed by atoms with Crippen LogP contribution in [0.15, 0.2) is 48.5 Å². The van der Waals surface area contributed by atoms with E-state index >= 15 is 0 Å². The van der Waals surface area contributed by atoms with E-state index in [4.69, 9.17) is 11.6 Å². The van der Waals surface area contributed by atoms with Crippen molar-refractivity contribution in [2.75, 3.05) is 13.2 Å². The van der Waals surface area contributed by atoms with Crippen molar-refractivity contribution in [3.05, 3.63) is 70.2 Å². The molecule has 0 N–H and O–H groups in total. The molecule has 38 heavy (non-hydrogen) atoms. The quantitative estimate of drug-likeness (QED) is 0.192. The van der Waals surface area contributed by atoms with Crippen molar-refractivity contribution in [1.82, 2.24) is 4.90 Å². The largest absolute Gasteiger partial charge is 0.449 e. The molecule has 15 heteroatoms. The lowest BCUT2D eigenvalue weighted by molar-refractivity contribution is -0.189. The highest BCUT2D eigenvalue weighted by Crippen LogP contribution is 2.19. The van der Waals surface area contributed by atoms with E-state index in [1.54, 1.807) is 55.5 Å². The van der Waals surface area contributed by atoms with Gasteiger partial charge in [-0.15, -0.1) is 0 Å². The number of amides is 1. The van der Waals surface area contributed by atoms with Crippen molar-refractivity contribution in [1.29, 1.82) is 0 Å². The van der Waals surface area contributed by atoms with Crippen LogP contribution in [-0.2, 0) is 41.7 Å². The van der Waals surface area contributed by atoms with Gasteiger partial charge in [0, 0.05) is 18.1 Å². The Morgan fingerprint density at radius 1 is 0.816 bits per heavy atom. The highest BCUT2D eigenvalue weighted by molar-refractivity contribution is 6.80. The molecule has 2 aromatic rings. The number of carbonyl (C=O) groups is 4. The fourth-order valence-corrected chi connectivity index (χ4v) is 2.87. The molecule has 0 saturated heterocycles. The van der Waals surface area contributed by atoms with Gasteiger partial charge in [0.25, 0.3) is 0 Å². The summed E-state index contributed by atoms with van der Waals surface area (Å²) in [6.45, 7) is -1.75. The number of hydrogen-bond donors (Lipinski definition) is 0. The average molecular weight is 590 g/mol. The molecular weight excluding hydrogens is 571 g/mol. The van der Waals surface area contributed by atoms with Gasteiger partial charge in [-0.2, -0.15) is 26.3 Å². The summed E-state index contributed by atoms with van der Waals surface area (Å²) in [7, 11) is 0. The van der Waals surface area contributed by atoms with Gasteiger partial charge >= 0.3 is 35.4 Å². The molecule has 0 atom stereocenters. The Balaban J connectivity index is 0.000000554. The van der Waals surface area contributed by atoms with Crippen molar-refractivity contribution < 1.29 is 55.0 Å². The van der Waals surface area contributed by atoms with Crippen LogP contribution in [0.25, 0.3) is 0 Å². The first-order valence-electron chi connectivity index (χ1n) is 10.2. The molecule has 0 aliphatic heterocycles. The van der Waals surface area contributed by atoms with Crippen LogP contribution in [0, 0.1) is 6.92 Å². The van der Waals surface area contributed by atoms with Gasteiger partial charge in [-0.1, -0.05) is 48.0 Å². The zero-order chi connectivity index (χ0) is 29.1. The molecule has 0 fully saturated rings. The van der Waals surface area contributed by atoms with Gasteiger partial charge in [-0.25, -0.2) is 9.59 Å². The number of benzene rings is 2. The van der Waals surface area contributed by atoms with Crippen molar-refractivity contribution >= 4 is 46.3 Å². The third-order valence-electron chi connectivity index (χ3n) is 4.24. The summed E-state index contributed by atoms with van der Waals surface area (Å²) in [5, 5.41) is -1.06. The Morgan fingerprint density at radius 2 is 1.34 bits per heavy atom. The lowest BCUT2D eigenvalue weighted by Gasteiger charge is -2.23. The summed E-state index contributed by atoms with van der Waals surface area (Å²) in [4.78, 5) is 45.1. The van der Waals surface area contributed by atoms with E-state index < -0.39 is 48.7 Å². The van der Waals surface area contributed by atoms with Crippen molar-refractivity contribution in [2.45, 2.75) is 32.4 Å². The fraction of sp³-hybridized carbons (Fsp3) is 0.304. The average Bonchev–Trinajstić information content (AvgIpc) is 2.81. The fourth-order valence-electron chi connectivity index (χ4n) is 2.59. The molecule has 0 aromatic heterocycles. The molecule has 0 spiro atoms. The molecule has 208 valence electrons. The summed E-state index contributed by atoms with van der Waals surface area (Å²) in [5.74, 6) is -4.39. The molecule has 0 bridgehead atoms. The first-order chi connectivity index (χ1) is 17.5. The molecular formula is C23H19Cl2F6NO6. The summed E-state index contributed by atoms with van der Waals surface area (Å²) in [6, 6.07) is 13.8. The molecule has 2 aromatic carbocycles. The standard InChI is InChI=1S/C19H17ClF3NO3.C4H2ClF3O3/c1-13-9-16(20)8-7-15(13)11-24(10-14-5-3-2-4-6-14)17(25)18(26)27-12-19(21,22)23;5-2(9)3(10)11-1-4(6,7)8/h2-9H,10-12H2,1H3;1H2. The number of aryl methyl sites for hydroxylation is 1. The van der Waals surface area contributed by atoms with Crippen LogP contribution >= 0.6 is 23.2 Å². The minimum atomic E-state index is -4.70. The molecule has 0 aliphatic rings. The molecule has 0 unspecified atom stereocenters. The number of ether oxygens (including phenoxy) is 2. The van der Waals surface area contributed by atoms with Gasteiger partial charge in [0.15, 0.2) is 13.2 Å². The topological polar surface area (TPSA) is 90.0 Å². The van der Waals surface area contributed by atoms with E-state index in [1.165, 1.54) is 0 Å². The first-order valence-corrected chi connectivity index (χ1v) is 11.0. The summed E-state index contributed by atoms with van der Waals surface area (Å²) >= 11 is 10.4. The minimum absolute atomic E-state index is 0.0256. The van der Waals surface area contributed by atoms with Gasteiger partial charge in [0.1, 0.15) is 0 Å².